The van der Waals surface area contributed by atoms with Gasteiger partial charge in [0.1, 0.15) is 5.58 Å². The van der Waals surface area contributed by atoms with Crippen molar-refractivity contribution in [3.05, 3.63) is 35.6 Å². The highest BCUT2D eigenvalue weighted by Gasteiger charge is 2.28. The first-order chi connectivity index (χ1) is 7.92. The van der Waals surface area contributed by atoms with E-state index in [0.29, 0.717) is 6.42 Å². The Morgan fingerprint density at radius 3 is 2.76 bits per heavy atom. The van der Waals surface area contributed by atoms with Gasteiger partial charge in [-0.3, -0.25) is 4.79 Å². The number of aliphatic carboxylic acids is 1. The normalized spacial score (nSPS) is 11.9. The van der Waals surface area contributed by atoms with Crippen LogP contribution in [0.25, 0.3) is 11.0 Å². The molecule has 1 aromatic heterocycles. The topological polar surface area (TPSA) is 50.4 Å². The average Bonchev–Trinajstić information content (AvgIpc) is 2.61. The van der Waals surface area contributed by atoms with Crippen LogP contribution in [-0.4, -0.2) is 11.1 Å². The molecule has 1 heterocycles. The fourth-order valence-electron chi connectivity index (χ4n) is 1.94. The van der Waals surface area contributed by atoms with E-state index in [0.717, 1.165) is 22.1 Å². The van der Waals surface area contributed by atoms with E-state index < -0.39 is 11.4 Å². The summed E-state index contributed by atoms with van der Waals surface area (Å²) < 4.78 is 5.51. The molecule has 0 unspecified atom stereocenters. The van der Waals surface area contributed by atoms with Gasteiger partial charge in [-0.2, -0.15) is 0 Å². The minimum absolute atomic E-state index is 0.465. The maximum Gasteiger partial charge on any atom is 0.309 e. The predicted molar refractivity (Wildman–Crippen MR) is 66.1 cm³/mol. The number of carboxylic acids is 1. The third-order valence-electron chi connectivity index (χ3n) is 3.09. The fraction of sp³-hybridized carbons (Fsp3) is 0.357. The van der Waals surface area contributed by atoms with Gasteiger partial charge in [-0.15, -0.1) is 0 Å². The minimum Gasteiger partial charge on any atom is -0.481 e. The van der Waals surface area contributed by atoms with Gasteiger partial charge in [0.05, 0.1) is 11.7 Å². The SMILES string of the molecule is Cc1coc2c(CC(C)(C)C(=O)O)cccc12. The zero-order chi connectivity index (χ0) is 12.6. The van der Waals surface area contributed by atoms with E-state index in [2.05, 4.69) is 0 Å². The van der Waals surface area contributed by atoms with Gasteiger partial charge in [0, 0.05) is 5.39 Å². The molecule has 90 valence electrons. The Labute approximate surface area is 100 Å². The molecule has 3 nitrogen and oxygen atoms in total. The Morgan fingerprint density at radius 2 is 2.12 bits per heavy atom. The third kappa shape index (κ3) is 2.05. The summed E-state index contributed by atoms with van der Waals surface area (Å²) in [5.41, 5.74) is 2.05. The average molecular weight is 232 g/mol. The summed E-state index contributed by atoms with van der Waals surface area (Å²) in [6.45, 7) is 5.44. The Morgan fingerprint density at radius 1 is 1.41 bits per heavy atom. The lowest BCUT2D eigenvalue weighted by Crippen LogP contribution is -2.26. The second-order valence-corrected chi connectivity index (χ2v) is 5.08. The number of aryl methyl sites for hydroxylation is 1. The summed E-state index contributed by atoms with van der Waals surface area (Å²) in [5.74, 6) is -0.794. The molecule has 0 fully saturated rings. The molecule has 1 aromatic carbocycles. The van der Waals surface area contributed by atoms with Gasteiger partial charge in [-0.1, -0.05) is 18.2 Å². The van der Waals surface area contributed by atoms with E-state index in [-0.39, 0.29) is 0 Å². The van der Waals surface area contributed by atoms with Crippen LogP contribution in [-0.2, 0) is 11.2 Å². The first kappa shape index (κ1) is 11.7. The zero-order valence-corrected chi connectivity index (χ0v) is 10.3. The van der Waals surface area contributed by atoms with Crippen LogP contribution >= 0.6 is 0 Å². The number of hydrogen-bond donors (Lipinski definition) is 1. The van der Waals surface area contributed by atoms with E-state index in [9.17, 15) is 4.79 Å². The van der Waals surface area contributed by atoms with Crippen molar-refractivity contribution >= 4 is 16.9 Å². The molecular formula is C14H16O3. The third-order valence-corrected chi connectivity index (χ3v) is 3.09. The summed E-state index contributed by atoms with van der Waals surface area (Å²) in [7, 11) is 0. The zero-order valence-electron chi connectivity index (χ0n) is 10.3. The van der Waals surface area contributed by atoms with Crippen molar-refractivity contribution < 1.29 is 14.3 Å². The molecule has 0 atom stereocenters. The number of hydrogen-bond acceptors (Lipinski definition) is 2. The van der Waals surface area contributed by atoms with Gasteiger partial charge in [-0.05, 0) is 38.3 Å². The number of fused-ring (bicyclic) bond motifs is 1. The second-order valence-electron chi connectivity index (χ2n) is 5.08. The van der Waals surface area contributed by atoms with Crippen LogP contribution in [0.15, 0.2) is 28.9 Å². The minimum atomic E-state index is -0.794. The standard InChI is InChI=1S/C14H16O3/c1-9-8-17-12-10(5-4-6-11(9)12)7-14(2,3)13(15)16/h4-6,8H,7H2,1-3H3,(H,15,16). The maximum absolute atomic E-state index is 11.1. The van der Waals surface area contributed by atoms with Crippen LogP contribution in [0.4, 0.5) is 0 Å². The lowest BCUT2D eigenvalue weighted by molar-refractivity contribution is -0.146. The second kappa shape index (κ2) is 3.91. The summed E-state index contributed by atoms with van der Waals surface area (Å²) in [6, 6.07) is 5.86. The van der Waals surface area contributed by atoms with Crippen molar-refractivity contribution in [2.75, 3.05) is 0 Å². The van der Waals surface area contributed by atoms with Gasteiger partial charge in [0.2, 0.25) is 0 Å². The summed E-state index contributed by atoms with van der Waals surface area (Å²) in [6.07, 6.45) is 2.18. The Bertz CT molecular complexity index is 564. The van der Waals surface area contributed by atoms with Crippen LogP contribution in [0.5, 0.6) is 0 Å². The quantitative estimate of drug-likeness (QED) is 0.882. The smallest absolute Gasteiger partial charge is 0.309 e. The first-order valence-corrected chi connectivity index (χ1v) is 5.61. The van der Waals surface area contributed by atoms with Crippen molar-refractivity contribution in [2.24, 2.45) is 5.41 Å². The Hall–Kier alpha value is -1.77. The molecule has 0 bridgehead atoms. The van der Waals surface area contributed by atoms with Gasteiger partial charge in [-0.25, -0.2) is 0 Å². The van der Waals surface area contributed by atoms with E-state index in [1.54, 1.807) is 20.1 Å². The maximum atomic E-state index is 11.1. The summed E-state index contributed by atoms with van der Waals surface area (Å²) in [4.78, 5) is 11.1. The molecule has 2 rings (SSSR count). The molecule has 3 heteroatoms. The number of para-hydroxylation sites is 1. The molecule has 0 spiro atoms. The van der Waals surface area contributed by atoms with Crippen LogP contribution in [0.2, 0.25) is 0 Å². The van der Waals surface area contributed by atoms with Crippen LogP contribution < -0.4 is 0 Å². The Kier molecular flexibility index (Phi) is 2.69. The molecule has 1 N–H and O–H groups in total. The van der Waals surface area contributed by atoms with E-state index in [4.69, 9.17) is 9.52 Å². The molecule has 17 heavy (non-hydrogen) atoms. The van der Waals surface area contributed by atoms with Gasteiger partial charge in [0.25, 0.3) is 0 Å². The molecule has 0 saturated heterocycles. The lowest BCUT2D eigenvalue weighted by atomic mass is 9.85. The van der Waals surface area contributed by atoms with Gasteiger partial charge >= 0.3 is 5.97 Å². The lowest BCUT2D eigenvalue weighted by Gasteiger charge is -2.18. The highest BCUT2D eigenvalue weighted by atomic mass is 16.4. The highest BCUT2D eigenvalue weighted by molar-refractivity contribution is 5.84. The van der Waals surface area contributed by atoms with Crippen molar-refractivity contribution in [2.45, 2.75) is 27.2 Å². The summed E-state index contributed by atoms with van der Waals surface area (Å²) in [5, 5.41) is 10.2. The number of rotatable bonds is 3. The molecule has 0 aliphatic heterocycles. The van der Waals surface area contributed by atoms with E-state index in [1.807, 2.05) is 25.1 Å². The van der Waals surface area contributed by atoms with Gasteiger partial charge < -0.3 is 9.52 Å². The monoisotopic (exact) mass is 232 g/mol. The van der Waals surface area contributed by atoms with Crippen LogP contribution in [0.1, 0.15) is 25.0 Å². The van der Waals surface area contributed by atoms with Crippen LogP contribution in [0, 0.1) is 12.3 Å². The van der Waals surface area contributed by atoms with E-state index >= 15 is 0 Å². The highest BCUT2D eigenvalue weighted by Crippen LogP contribution is 2.29. The molecular weight excluding hydrogens is 216 g/mol. The molecule has 0 aliphatic rings. The van der Waals surface area contributed by atoms with E-state index in [1.165, 1.54) is 0 Å². The molecule has 0 amide bonds. The van der Waals surface area contributed by atoms with Crippen molar-refractivity contribution in [3.63, 3.8) is 0 Å². The van der Waals surface area contributed by atoms with Crippen molar-refractivity contribution in [1.82, 2.24) is 0 Å². The van der Waals surface area contributed by atoms with Crippen LogP contribution in [0.3, 0.4) is 0 Å². The Balaban J connectivity index is 2.46. The number of carboxylic acid groups (broad SMARTS) is 1. The predicted octanol–water partition coefficient (Wildman–Crippen LogP) is 3.39. The van der Waals surface area contributed by atoms with Crippen molar-refractivity contribution in [3.8, 4) is 0 Å². The summed E-state index contributed by atoms with van der Waals surface area (Å²) >= 11 is 0. The molecule has 2 aromatic rings. The molecule has 0 aliphatic carbocycles. The number of furan rings is 1. The fourth-order valence-corrected chi connectivity index (χ4v) is 1.94. The molecule has 0 radical (unpaired) electrons. The van der Waals surface area contributed by atoms with Gasteiger partial charge in [0.15, 0.2) is 0 Å². The largest absolute Gasteiger partial charge is 0.481 e. The van der Waals surface area contributed by atoms with Crippen molar-refractivity contribution in [1.29, 1.82) is 0 Å². The number of carbonyl (C=O) groups is 1. The molecule has 0 saturated carbocycles. The first-order valence-electron chi connectivity index (χ1n) is 5.61. The number of benzene rings is 1.